The minimum atomic E-state index is -0.565. The van der Waals surface area contributed by atoms with Crippen molar-refractivity contribution in [2.24, 2.45) is 4.99 Å². The third-order valence-corrected chi connectivity index (χ3v) is 5.20. The van der Waals surface area contributed by atoms with Crippen LogP contribution in [0.1, 0.15) is 40.9 Å². The van der Waals surface area contributed by atoms with Gasteiger partial charge in [0.1, 0.15) is 11.6 Å². The predicted octanol–water partition coefficient (Wildman–Crippen LogP) is 3.94. The molecule has 0 fully saturated rings. The normalized spacial score (nSPS) is 12.9. The Hall–Kier alpha value is -2.02. The number of aromatic nitrogens is 1. The molecular formula is C19H26F2N4S. The van der Waals surface area contributed by atoms with Gasteiger partial charge in [-0.1, -0.05) is 13.0 Å². The largest absolute Gasteiger partial charge is 0.357 e. The third-order valence-electron chi connectivity index (χ3n) is 4.07. The van der Waals surface area contributed by atoms with Gasteiger partial charge in [0.2, 0.25) is 0 Å². The van der Waals surface area contributed by atoms with Crippen molar-refractivity contribution in [2.45, 2.75) is 40.0 Å². The lowest BCUT2D eigenvalue weighted by Crippen LogP contribution is -2.38. The molecule has 0 aliphatic heterocycles. The molecule has 26 heavy (non-hydrogen) atoms. The Morgan fingerprint density at radius 1 is 1.27 bits per heavy atom. The average Bonchev–Trinajstić information content (AvgIpc) is 2.90. The molecule has 0 aliphatic rings. The molecular weight excluding hydrogens is 354 g/mol. The van der Waals surface area contributed by atoms with Crippen LogP contribution in [-0.4, -0.2) is 30.6 Å². The molecule has 0 aliphatic carbocycles. The van der Waals surface area contributed by atoms with Crippen molar-refractivity contribution < 1.29 is 8.78 Å². The van der Waals surface area contributed by atoms with E-state index in [-0.39, 0.29) is 5.92 Å². The lowest BCUT2D eigenvalue weighted by molar-refractivity contribution is 0.560. The van der Waals surface area contributed by atoms with Crippen molar-refractivity contribution in [2.75, 3.05) is 19.6 Å². The maximum atomic E-state index is 13.9. The Bertz CT molecular complexity index is 738. The Kier molecular flexibility index (Phi) is 7.50. The van der Waals surface area contributed by atoms with Crippen LogP contribution in [0.5, 0.6) is 0 Å². The summed E-state index contributed by atoms with van der Waals surface area (Å²) >= 11 is 1.71. The van der Waals surface area contributed by atoms with Crippen LogP contribution in [0.4, 0.5) is 8.78 Å². The minimum absolute atomic E-state index is 0.143. The summed E-state index contributed by atoms with van der Waals surface area (Å²) in [5, 5.41) is 7.57. The standard InChI is InChI=1S/C19H26F2N4S/c1-5-22-19(23-9-8-18-25-13(3)14(4)26-18)24-11-12(2)16-7-6-15(20)10-17(16)21/h6-7,10,12H,5,8-9,11H2,1-4H3,(H2,22,23,24). The summed E-state index contributed by atoms with van der Waals surface area (Å²) < 4.78 is 26.9. The second kappa shape index (κ2) is 9.62. The molecule has 7 heteroatoms. The van der Waals surface area contributed by atoms with Gasteiger partial charge in [-0.2, -0.15) is 0 Å². The van der Waals surface area contributed by atoms with Crippen molar-refractivity contribution in [1.82, 2.24) is 15.6 Å². The molecule has 0 saturated heterocycles. The minimum Gasteiger partial charge on any atom is -0.357 e. The van der Waals surface area contributed by atoms with E-state index in [1.54, 1.807) is 11.3 Å². The van der Waals surface area contributed by atoms with Crippen LogP contribution in [0.2, 0.25) is 0 Å². The van der Waals surface area contributed by atoms with Gasteiger partial charge in [-0.3, -0.25) is 4.99 Å². The van der Waals surface area contributed by atoms with Gasteiger partial charge in [-0.15, -0.1) is 11.3 Å². The molecule has 2 aromatic rings. The fraction of sp³-hybridized carbons (Fsp3) is 0.474. The van der Waals surface area contributed by atoms with Gasteiger partial charge in [0, 0.05) is 42.9 Å². The SMILES string of the molecule is CCNC(=NCC(C)c1ccc(F)cc1F)NCCc1nc(C)c(C)s1. The quantitative estimate of drug-likeness (QED) is 0.565. The summed E-state index contributed by atoms with van der Waals surface area (Å²) in [6, 6.07) is 3.68. The van der Waals surface area contributed by atoms with Crippen LogP contribution >= 0.6 is 11.3 Å². The number of rotatable bonds is 7. The van der Waals surface area contributed by atoms with E-state index < -0.39 is 11.6 Å². The molecule has 0 saturated carbocycles. The highest BCUT2D eigenvalue weighted by Crippen LogP contribution is 2.20. The van der Waals surface area contributed by atoms with Crippen molar-refractivity contribution in [3.8, 4) is 0 Å². The van der Waals surface area contributed by atoms with E-state index in [0.29, 0.717) is 18.1 Å². The molecule has 1 heterocycles. The average molecular weight is 381 g/mol. The van der Waals surface area contributed by atoms with E-state index in [1.807, 2.05) is 20.8 Å². The fourth-order valence-electron chi connectivity index (χ4n) is 2.50. The maximum Gasteiger partial charge on any atom is 0.191 e. The van der Waals surface area contributed by atoms with Gasteiger partial charge in [0.25, 0.3) is 0 Å². The number of hydrogen-bond acceptors (Lipinski definition) is 3. The zero-order valence-corrected chi connectivity index (χ0v) is 16.5. The molecule has 1 unspecified atom stereocenters. The first kappa shape index (κ1) is 20.3. The molecule has 1 atom stereocenters. The van der Waals surface area contributed by atoms with E-state index in [2.05, 4.69) is 27.5 Å². The van der Waals surface area contributed by atoms with Crippen molar-refractivity contribution in [1.29, 1.82) is 0 Å². The predicted molar refractivity (Wildman–Crippen MR) is 104 cm³/mol. The van der Waals surface area contributed by atoms with E-state index in [4.69, 9.17) is 0 Å². The lowest BCUT2D eigenvalue weighted by atomic mass is 10.0. The highest BCUT2D eigenvalue weighted by Gasteiger charge is 2.12. The fourth-order valence-corrected chi connectivity index (χ4v) is 3.44. The first-order valence-corrected chi connectivity index (χ1v) is 9.62. The second-order valence-corrected chi connectivity index (χ2v) is 7.50. The van der Waals surface area contributed by atoms with Crippen molar-refractivity contribution >= 4 is 17.3 Å². The zero-order chi connectivity index (χ0) is 19.1. The molecule has 0 spiro atoms. The number of guanidine groups is 1. The monoisotopic (exact) mass is 380 g/mol. The first-order valence-electron chi connectivity index (χ1n) is 8.80. The Labute approximate surface area is 157 Å². The van der Waals surface area contributed by atoms with E-state index in [0.717, 1.165) is 36.3 Å². The molecule has 1 aromatic heterocycles. The molecule has 0 bridgehead atoms. The summed E-state index contributed by atoms with van der Waals surface area (Å²) in [5.41, 5.74) is 1.56. The van der Waals surface area contributed by atoms with Crippen LogP contribution < -0.4 is 10.6 Å². The molecule has 0 amide bonds. The molecule has 4 nitrogen and oxygen atoms in total. The molecule has 2 rings (SSSR count). The highest BCUT2D eigenvalue weighted by atomic mass is 32.1. The summed E-state index contributed by atoms with van der Waals surface area (Å²) in [5.74, 6) is -0.549. The Morgan fingerprint density at radius 3 is 2.65 bits per heavy atom. The van der Waals surface area contributed by atoms with Crippen LogP contribution in [0.25, 0.3) is 0 Å². The third kappa shape index (κ3) is 5.76. The van der Waals surface area contributed by atoms with Crippen LogP contribution in [0.3, 0.4) is 0 Å². The summed E-state index contributed by atoms with van der Waals surface area (Å²) in [4.78, 5) is 10.3. The Balaban J connectivity index is 1.92. The number of hydrogen-bond donors (Lipinski definition) is 2. The molecule has 142 valence electrons. The van der Waals surface area contributed by atoms with E-state index in [9.17, 15) is 8.78 Å². The van der Waals surface area contributed by atoms with Crippen LogP contribution in [-0.2, 0) is 6.42 Å². The number of benzene rings is 1. The van der Waals surface area contributed by atoms with Gasteiger partial charge in [0.05, 0.1) is 10.7 Å². The van der Waals surface area contributed by atoms with Crippen LogP contribution in [0, 0.1) is 25.5 Å². The molecule has 1 aromatic carbocycles. The number of aliphatic imine (C=N–C) groups is 1. The smallest absolute Gasteiger partial charge is 0.191 e. The maximum absolute atomic E-state index is 13.9. The van der Waals surface area contributed by atoms with Crippen molar-refractivity contribution in [3.05, 3.63) is 51.0 Å². The van der Waals surface area contributed by atoms with Gasteiger partial charge in [-0.05, 0) is 32.4 Å². The number of halogens is 2. The zero-order valence-electron chi connectivity index (χ0n) is 15.7. The van der Waals surface area contributed by atoms with Gasteiger partial charge < -0.3 is 10.6 Å². The topological polar surface area (TPSA) is 49.3 Å². The highest BCUT2D eigenvalue weighted by molar-refractivity contribution is 7.11. The second-order valence-electron chi connectivity index (χ2n) is 6.21. The number of thiazole rings is 1. The number of nitrogens with zero attached hydrogens (tertiary/aromatic N) is 2. The number of aryl methyl sites for hydroxylation is 2. The molecule has 2 N–H and O–H groups in total. The van der Waals surface area contributed by atoms with Gasteiger partial charge >= 0.3 is 0 Å². The molecule has 0 radical (unpaired) electrons. The first-order chi connectivity index (χ1) is 12.4. The summed E-state index contributed by atoms with van der Waals surface area (Å²) in [7, 11) is 0. The van der Waals surface area contributed by atoms with Gasteiger partial charge in [-0.25, -0.2) is 13.8 Å². The summed E-state index contributed by atoms with van der Waals surface area (Å²) in [6.07, 6.45) is 0.825. The van der Waals surface area contributed by atoms with Crippen molar-refractivity contribution in [3.63, 3.8) is 0 Å². The summed E-state index contributed by atoms with van der Waals surface area (Å²) in [6.45, 7) is 9.83. The number of nitrogens with one attached hydrogen (secondary N) is 2. The Morgan fingerprint density at radius 2 is 2.04 bits per heavy atom. The van der Waals surface area contributed by atoms with E-state index >= 15 is 0 Å². The van der Waals surface area contributed by atoms with E-state index in [1.165, 1.54) is 17.0 Å². The van der Waals surface area contributed by atoms with Crippen LogP contribution in [0.15, 0.2) is 23.2 Å². The van der Waals surface area contributed by atoms with Gasteiger partial charge in [0.15, 0.2) is 5.96 Å². The lowest BCUT2D eigenvalue weighted by Gasteiger charge is -2.14.